The van der Waals surface area contributed by atoms with E-state index in [4.69, 9.17) is 19.9 Å². The maximum atomic E-state index is 5.94. The molecule has 6 heteroatoms. The van der Waals surface area contributed by atoms with Crippen LogP contribution in [0, 0.1) is 0 Å². The summed E-state index contributed by atoms with van der Waals surface area (Å²) in [5.74, 6) is 1.92. The van der Waals surface area contributed by atoms with Gasteiger partial charge in [-0.05, 0) is 37.1 Å². The van der Waals surface area contributed by atoms with Crippen LogP contribution in [0.25, 0.3) is 0 Å². The van der Waals surface area contributed by atoms with E-state index in [2.05, 4.69) is 10.3 Å². The number of para-hydroxylation sites is 1. The number of benzene rings is 2. The molecule has 2 rings (SSSR count). The van der Waals surface area contributed by atoms with Crippen molar-refractivity contribution < 1.29 is 14.2 Å². The first-order valence-corrected chi connectivity index (χ1v) is 8.74. The van der Waals surface area contributed by atoms with Crippen LogP contribution in [-0.4, -0.2) is 39.4 Å². The number of nitrogens with one attached hydrogen (secondary N) is 1. The summed E-state index contributed by atoms with van der Waals surface area (Å²) in [4.78, 5) is 4.33. The van der Waals surface area contributed by atoms with Gasteiger partial charge in [0, 0.05) is 32.0 Å². The van der Waals surface area contributed by atoms with Gasteiger partial charge >= 0.3 is 0 Å². The van der Waals surface area contributed by atoms with Gasteiger partial charge in [-0.1, -0.05) is 24.3 Å². The minimum Gasteiger partial charge on any atom is -0.457 e. The molecule has 140 valence electrons. The van der Waals surface area contributed by atoms with E-state index >= 15 is 0 Å². The SMILES string of the molecule is COCCOCCCCN=C(N)Nc1cccc(Oc2ccccc2)c1. The molecule has 0 aliphatic rings. The molecule has 0 amide bonds. The lowest BCUT2D eigenvalue weighted by atomic mass is 10.3. The topological polar surface area (TPSA) is 78.1 Å². The number of rotatable bonds is 11. The number of nitrogens with two attached hydrogens (primary N) is 1. The van der Waals surface area contributed by atoms with Crippen LogP contribution < -0.4 is 15.8 Å². The van der Waals surface area contributed by atoms with Crippen molar-refractivity contribution in [1.82, 2.24) is 0 Å². The zero-order valence-electron chi connectivity index (χ0n) is 15.2. The van der Waals surface area contributed by atoms with Crippen molar-refractivity contribution in [2.24, 2.45) is 10.7 Å². The molecule has 0 aliphatic heterocycles. The van der Waals surface area contributed by atoms with Gasteiger partial charge in [-0.2, -0.15) is 0 Å². The predicted molar refractivity (Wildman–Crippen MR) is 105 cm³/mol. The van der Waals surface area contributed by atoms with Crippen LogP contribution in [0.15, 0.2) is 59.6 Å². The predicted octanol–water partition coefficient (Wildman–Crippen LogP) is 3.65. The third kappa shape index (κ3) is 8.00. The highest BCUT2D eigenvalue weighted by Crippen LogP contribution is 2.23. The van der Waals surface area contributed by atoms with Crippen molar-refractivity contribution >= 4 is 11.6 Å². The van der Waals surface area contributed by atoms with Crippen molar-refractivity contribution in [1.29, 1.82) is 0 Å². The first kappa shape index (κ1) is 19.8. The van der Waals surface area contributed by atoms with Gasteiger partial charge in [-0.25, -0.2) is 0 Å². The maximum Gasteiger partial charge on any atom is 0.193 e. The molecule has 0 atom stereocenters. The standard InChI is InChI=1S/C20H27N3O3/c1-24-14-15-25-13-6-5-12-22-20(21)23-17-8-7-11-19(16-17)26-18-9-3-2-4-10-18/h2-4,7-11,16H,5-6,12-15H2,1H3,(H3,21,22,23). The van der Waals surface area contributed by atoms with E-state index in [-0.39, 0.29) is 0 Å². The molecule has 0 heterocycles. The van der Waals surface area contributed by atoms with Gasteiger partial charge in [0.05, 0.1) is 13.2 Å². The number of methoxy groups -OCH3 is 1. The van der Waals surface area contributed by atoms with Crippen molar-refractivity contribution in [3.63, 3.8) is 0 Å². The zero-order chi connectivity index (χ0) is 18.5. The Labute approximate surface area is 155 Å². The largest absolute Gasteiger partial charge is 0.457 e. The number of hydrogen-bond acceptors (Lipinski definition) is 4. The Hall–Kier alpha value is -2.57. The second-order valence-electron chi connectivity index (χ2n) is 5.65. The number of anilines is 1. The van der Waals surface area contributed by atoms with E-state index in [1.807, 2.05) is 54.6 Å². The van der Waals surface area contributed by atoms with Gasteiger partial charge < -0.3 is 25.3 Å². The number of unbranched alkanes of at least 4 members (excludes halogenated alkanes) is 1. The second-order valence-corrected chi connectivity index (χ2v) is 5.65. The lowest BCUT2D eigenvalue weighted by Gasteiger charge is -2.09. The molecular formula is C20H27N3O3. The Kier molecular flexibility index (Phi) is 9.03. The van der Waals surface area contributed by atoms with Crippen molar-refractivity contribution in [3.8, 4) is 11.5 Å². The Morgan fingerprint density at radius 2 is 1.77 bits per heavy atom. The Morgan fingerprint density at radius 1 is 0.962 bits per heavy atom. The van der Waals surface area contributed by atoms with Gasteiger partial charge in [-0.3, -0.25) is 4.99 Å². The smallest absolute Gasteiger partial charge is 0.193 e. The molecule has 0 aromatic heterocycles. The minimum absolute atomic E-state index is 0.391. The van der Waals surface area contributed by atoms with Crippen molar-refractivity contribution in [2.45, 2.75) is 12.8 Å². The molecule has 3 N–H and O–H groups in total. The van der Waals surface area contributed by atoms with E-state index in [1.54, 1.807) is 7.11 Å². The molecule has 0 bridgehead atoms. The van der Waals surface area contributed by atoms with E-state index in [1.165, 1.54) is 0 Å². The fraction of sp³-hybridized carbons (Fsp3) is 0.350. The summed E-state index contributed by atoms with van der Waals surface area (Å²) in [6.07, 6.45) is 1.87. The van der Waals surface area contributed by atoms with E-state index in [9.17, 15) is 0 Å². The number of ether oxygens (including phenoxy) is 3. The first-order chi connectivity index (χ1) is 12.8. The molecule has 0 saturated carbocycles. The van der Waals surface area contributed by atoms with Crippen molar-refractivity contribution in [2.75, 3.05) is 38.8 Å². The summed E-state index contributed by atoms with van der Waals surface area (Å²) in [7, 11) is 1.66. The normalized spacial score (nSPS) is 11.3. The molecule has 0 spiro atoms. The Bertz CT molecular complexity index is 662. The van der Waals surface area contributed by atoms with Crippen LogP contribution in [0.3, 0.4) is 0 Å². The number of nitrogens with zero attached hydrogens (tertiary/aromatic N) is 1. The van der Waals surface area contributed by atoms with Gasteiger partial charge in [0.25, 0.3) is 0 Å². The summed E-state index contributed by atoms with van der Waals surface area (Å²) in [6.45, 7) is 2.63. The monoisotopic (exact) mass is 357 g/mol. The lowest BCUT2D eigenvalue weighted by molar-refractivity contribution is 0.0690. The Morgan fingerprint density at radius 3 is 2.58 bits per heavy atom. The summed E-state index contributed by atoms with van der Waals surface area (Å²) in [6, 6.07) is 17.3. The molecule has 2 aromatic carbocycles. The number of aliphatic imine (C=N–C) groups is 1. The molecule has 0 saturated heterocycles. The first-order valence-electron chi connectivity index (χ1n) is 8.74. The number of hydrogen-bond donors (Lipinski definition) is 2. The summed E-state index contributed by atoms with van der Waals surface area (Å²) < 4.78 is 16.1. The highest BCUT2D eigenvalue weighted by atomic mass is 16.5. The summed E-state index contributed by atoms with van der Waals surface area (Å²) in [5.41, 5.74) is 6.77. The van der Waals surface area contributed by atoms with Crippen LogP contribution in [-0.2, 0) is 9.47 Å². The minimum atomic E-state index is 0.391. The van der Waals surface area contributed by atoms with Gasteiger partial charge in [0.15, 0.2) is 5.96 Å². The average molecular weight is 357 g/mol. The van der Waals surface area contributed by atoms with E-state index < -0.39 is 0 Å². The van der Waals surface area contributed by atoms with Crippen LogP contribution in [0.2, 0.25) is 0 Å². The van der Waals surface area contributed by atoms with Crippen molar-refractivity contribution in [3.05, 3.63) is 54.6 Å². The molecule has 0 fully saturated rings. The molecular weight excluding hydrogens is 330 g/mol. The number of guanidine groups is 1. The summed E-state index contributed by atoms with van der Waals surface area (Å²) >= 11 is 0. The molecule has 0 radical (unpaired) electrons. The molecule has 6 nitrogen and oxygen atoms in total. The molecule has 0 unspecified atom stereocenters. The van der Waals surface area contributed by atoms with Crippen LogP contribution >= 0.6 is 0 Å². The molecule has 2 aromatic rings. The third-order valence-electron chi connectivity index (χ3n) is 3.50. The Balaban J connectivity index is 1.72. The van der Waals surface area contributed by atoms with Gasteiger partial charge in [0.1, 0.15) is 11.5 Å². The average Bonchev–Trinajstić information content (AvgIpc) is 2.65. The summed E-state index contributed by atoms with van der Waals surface area (Å²) in [5, 5.41) is 3.09. The van der Waals surface area contributed by atoms with Crippen LogP contribution in [0.4, 0.5) is 5.69 Å². The van der Waals surface area contributed by atoms with Crippen LogP contribution in [0.1, 0.15) is 12.8 Å². The zero-order valence-corrected chi connectivity index (χ0v) is 15.2. The van der Waals surface area contributed by atoms with E-state index in [0.717, 1.165) is 30.0 Å². The highest BCUT2D eigenvalue weighted by Gasteiger charge is 2.00. The molecule has 0 aliphatic carbocycles. The quantitative estimate of drug-likeness (QED) is 0.365. The van der Waals surface area contributed by atoms with Crippen LogP contribution in [0.5, 0.6) is 11.5 Å². The molecule has 26 heavy (non-hydrogen) atoms. The van der Waals surface area contributed by atoms with Gasteiger partial charge in [-0.15, -0.1) is 0 Å². The maximum absolute atomic E-state index is 5.94. The second kappa shape index (κ2) is 11.9. The third-order valence-corrected chi connectivity index (χ3v) is 3.50. The van der Waals surface area contributed by atoms with E-state index in [0.29, 0.717) is 32.3 Å². The highest BCUT2D eigenvalue weighted by molar-refractivity contribution is 5.92. The fourth-order valence-corrected chi connectivity index (χ4v) is 2.21. The fourth-order valence-electron chi connectivity index (χ4n) is 2.21. The van der Waals surface area contributed by atoms with Gasteiger partial charge in [0.2, 0.25) is 0 Å². The lowest BCUT2D eigenvalue weighted by Crippen LogP contribution is -2.22.